The van der Waals surface area contributed by atoms with Gasteiger partial charge >= 0.3 is 7.12 Å². The molecule has 1 fully saturated rings. The van der Waals surface area contributed by atoms with Crippen LogP contribution in [0.2, 0.25) is 0 Å². The summed E-state index contributed by atoms with van der Waals surface area (Å²) in [6.07, 6.45) is 0. The van der Waals surface area contributed by atoms with Crippen molar-refractivity contribution in [3.05, 3.63) is 23.8 Å². The highest BCUT2D eigenvalue weighted by Crippen LogP contribution is 2.36. The van der Waals surface area contributed by atoms with Crippen molar-refractivity contribution in [2.45, 2.75) is 38.9 Å². The molecule has 128 valence electrons. The molecule has 0 amide bonds. The van der Waals surface area contributed by atoms with E-state index in [9.17, 15) is 5.26 Å². The second-order valence-corrected chi connectivity index (χ2v) is 6.64. The third-order valence-corrected chi connectivity index (χ3v) is 4.27. The molecule has 0 bridgehead atoms. The number of benzene rings is 1. The van der Waals surface area contributed by atoms with Crippen LogP contribution in [0.25, 0.3) is 0 Å². The standard InChI is InChI=1S/C16H19BN6O2/c1-15(2)16(3,4)25-17(24-15)11-5-10(8-18)6-12(7-11)22-23-13(9-19)14(20)21/h5-7,22H,1-4H3,(H3,20,21)/b23-13+. The Labute approximate surface area is 146 Å². The first kappa shape index (κ1) is 18.5. The molecule has 0 atom stereocenters. The van der Waals surface area contributed by atoms with Crippen molar-refractivity contribution in [1.82, 2.24) is 0 Å². The van der Waals surface area contributed by atoms with Crippen LogP contribution in [-0.4, -0.2) is 29.9 Å². The van der Waals surface area contributed by atoms with Crippen molar-refractivity contribution in [2.75, 3.05) is 5.43 Å². The summed E-state index contributed by atoms with van der Waals surface area (Å²) in [5.41, 5.74) is 8.12. The Balaban J connectivity index is 2.35. The summed E-state index contributed by atoms with van der Waals surface area (Å²) in [7, 11) is -0.633. The van der Waals surface area contributed by atoms with Crippen LogP contribution >= 0.6 is 0 Å². The van der Waals surface area contributed by atoms with E-state index in [1.807, 2.05) is 27.7 Å². The first-order valence-electron chi connectivity index (χ1n) is 7.58. The molecule has 1 saturated heterocycles. The van der Waals surface area contributed by atoms with Crippen molar-refractivity contribution in [1.29, 1.82) is 15.9 Å². The monoisotopic (exact) mass is 338 g/mol. The predicted octanol–water partition coefficient (Wildman–Crippen LogP) is 1.08. The number of nitrogens with two attached hydrogens (primary N) is 1. The van der Waals surface area contributed by atoms with Crippen LogP contribution in [0.15, 0.2) is 23.3 Å². The Morgan fingerprint density at radius 3 is 2.28 bits per heavy atom. The fourth-order valence-electron chi connectivity index (χ4n) is 2.16. The Morgan fingerprint density at radius 2 is 1.80 bits per heavy atom. The van der Waals surface area contributed by atoms with Gasteiger partial charge in [-0.3, -0.25) is 10.8 Å². The van der Waals surface area contributed by atoms with Gasteiger partial charge in [-0.25, -0.2) is 0 Å². The Hall–Kier alpha value is -2.88. The van der Waals surface area contributed by atoms with Gasteiger partial charge in [0, 0.05) is 0 Å². The van der Waals surface area contributed by atoms with Crippen LogP contribution in [-0.2, 0) is 9.31 Å². The lowest BCUT2D eigenvalue weighted by atomic mass is 9.78. The van der Waals surface area contributed by atoms with E-state index in [0.717, 1.165) is 0 Å². The van der Waals surface area contributed by atoms with Gasteiger partial charge in [0.2, 0.25) is 5.71 Å². The van der Waals surface area contributed by atoms with E-state index in [1.54, 1.807) is 24.3 Å². The first-order valence-corrected chi connectivity index (χ1v) is 7.58. The molecule has 0 radical (unpaired) electrons. The summed E-state index contributed by atoms with van der Waals surface area (Å²) in [5.74, 6) is -0.447. The first-order chi connectivity index (χ1) is 11.6. The molecule has 8 nitrogen and oxygen atoms in total. The smallest absolute Gasteiger partial charge is 0.399 e. The number of nitriles is 2. The fourth-order valence-corrected chi connectivity index (χ4v) is 2.16. The van der Waals surface area contributed by atoms with E-state index in [1.165, 1.54) is 0 Å². The Morgan fingerprint density at radius 1 is 1.20 bits per heavy atom. The van der Waals surface area contributed by atoms with Gasteiger partial charge < -0.3 is 15.0 Å². The third kappa shape index (κ3) is 3.79. The van der Waals surface area contributed by atoms with Crippen LogP contribution in [0.1, 0.15) is 33.3 Å². The number of hydrazone groups is 1. The fraction of sp³-hybridized carbons (Fsp3) is 0.375. The van der Waals surface area contributed by atoms with E-state index in [4.69, 9.17) is 25.7 Å². The average molecular weight is 338 g/mol. The van der Waals surface area contributed by atoms with Crippen molar-refractivity contribution in [3.8, 4) is 12.1 Å². The zero-order chi connectivity index (χ0) is 18.8. The van der Waals surface area contributed by atoms with Crippen LogP contribution < -0.4 is 16.6 Å². The van der Waals surface area contributed by atoms with Crippen molar-refractivity contribution in [3.63, 3.8) is 0 Å². The van der Waals surface area contributed by atoms with Crippen molar-refractivity contribution < 1.29 is 9.31 Å². The Bertz CT molecular complexity index is 803. The van der Waals surface area contributed by atoms with Crippen LogP contribution in [0.4, 0.5) is 5.69 Å². The molecule has 0 aliphatic carbocycles. The molecule has 9 heteroatoms. The van der Waals surface area contributed by atoms with Gasteiger partial charge in [0.05, 0.1) is 28.5 Å². The molecule has 1 aliphatic heterocycles. The number of rotatable bonds is 4. The summed E-state index contributed by atoms with van der Waals surface area (Å²) < 4.78 is 12.0. The molecule has 25 heavy (non-hydrogen) atoms. The molecular weight excluding hydrogens is 319 g/mol. The highest BCUT2D eigenvalue weighted by Gasteiger charge is 2.51. The summed E-state index contributed by atoms with van der Waals surface area (Å²) in [6, 6.07) is 8.73. The molecule has 2 rings (SSSR count). The minimum atomic E-state index is -0.633. The number of anilines is 1. The summed E-state index contributed by atoms with van der Waals surface area (Å²) in [4.78, 5) is 0. The second kappa shape index (κ2) is 6.56. The number of hydrogen-bond donors (Lipinski definition) is 3. The van der Waals surface area contributed by atoms with E-state index in [-0.39, 0.29) is 5.71 Å². The zero-order valence-electron chi connectivity index (χ0n) is 14.5. The lowest BCUT2D eigenvalue weighted by molar-refractivity contribution is 0.00578. The van der Waals surface area contributed by atoms with E-state index in [2.05, 4.69) is 16.6 Å². The molecular formula is C16H19BN6O2. The highest BCUT2D eigenvalue weighted by atomic mass is 16.7. The largest absolute Gasteiger partial charge is 0.494 e. The van der Waals surface area contributed by atoms with Crippen molar-refractivity contribution >= 4 is 29.8 Å². The minimum absolute atomic E-state index is 0.250. The molecule has 1 aromatic carbocycles. The summed E-state index contributed by atoms with van der Waals surface area (Å²) >= 11 is 0. The quantitative estimate of drug-likeness (QED) is 0.325. The maximum absolute atomic E-state index is 9.24. The highest BCUT2D eigenvalue weighted by molar-refractivity contribution is 6.62. The van der Waals surface area contributed by atoms with E-state index >= 15 is 0 Å². The number of nitrogens with one attached hydrogen (secondary N) is 2. The topological polar surface area (TPSA) is 140 Å². The maximum atomic E-state index is 9.24. The number of nitrogens with zero attached hydrogens (tertiary/aromatic N) is 3. The van der Waals surface area contributed by atoms with Gasteiger partial charge in [-0.05, 0) is 51.4 Å². The van der Waals surface area contributed by atoms with E-state index < -0.39 is 24.2 Å². The van der Waals surface area contributed by atoms with Gasteiger partial charge in [-0.1, -0.05) is 0 Å². The average Bonchev–Trinajstić information content (AvgIpc) is 2.75. The predicted molar refractivity (Wildman–Crippen MR) is 95.5 cm³/mol. The second-order valence-electron chi connectivity index (χ2n) is 6.64. The van der Waals surface area contributed by atoms with Crippen LogP contribution in [0.5, 0.6) is 0 Å². The molecule has 0 saturated carbocycles. The molecule has 1 aromatic rings. The zero-order valence-corrected chi connectivity index (χ0v) is 14.5. The molecule has 0 aromatic heterocycles. The Kier molecular flexibility index (Phi) is 4.84. The van der Waals surface area contributed by atoms with Gasteiger partial charge in [-0.15, -0.1) is 0 Å². The molecule has 0 spiro atoms. The van der Waals surface area contributed by atoms with Gasteiger partial charge in [0.1, 0.15) is 6.07 Å². The molecule has 4 N–H and O–H groups in total. The molecule has 1 heterocycles. The maximum Gasteiger partial charge on any atom is 0.494 e. The van der Waals surface area contributed by atoms with Gasteiger partial charge in [-0.2, -0.15) is 15.6 Å². The molecule has 1 aliphatic rings. The van der Waals surface area contributed by atoms with Gasteiger partial charge in [0.15, 0.2) is 5.84 Å². The number of amidine groups is 1. The summed E-state index contributed by atoms with van der Waals surface area (Å²) in [6.45, 7) is 7.76. The summed E-state index contributed by atoms with van der Waals surface area (Å²) in [5, 5.41) is 29.2. The lowest BCUT2D eigenvalue weighted by Gasteiger charge is -2.32. The normalized spacial score (nSPS) is 18.3. The lowest BCUT2D eigenvalue weighted by Crippen LogP contribution is -2.41. The number of hydrogen-bond acceptors (Lipinski definition) is 7. The van der Waals surface area contributed by atoms with E-state index in [0.29, 0.717) is 16.7 Å². The van der Waals surface area contributed by atoms with Crippen LogP contribution in [0.3, 0.4) is 0 Å². The van der Waals surface area contributed by atoms with Gasteiger partial charge in [0.25, 0.3) is 0 Å². The van der Waals surface area contributed by atoms with Crippen LogP contribution in [0, 0.1) is 28.1 Å². The van der Waals surface area contributed by atoms with Crippen molar-refractivity contribution in [2.24, 2.45) is 10.8 Å². The third-order valence-electron chi connectivity index (χ3n) is 4.27. The minimum Gasteiger partial charge on any atom is -0.399 e. The SMILES string of the molecule is CC1(C)OB(c2cc(C#N)cc(N/N=C(\C#N)C(=N)N)c2)OC1(C)C. The molecule has 0 unspecified atom stereocenters.